The molecule has 0 aromatic heterocycles. The maximum atomic E-state index is 3.46. The highest BCUT2D eigenvalue weighted by molar-refractivity contribution is 5.19. The molecular weight excluding hydrogens is 170 g/mol. The van der Waals surface area contributed by atoms with Gasteiger partial charge < -0.3 is 5.32 Å². The second-order valence-electron chi connectivity index (χ2n) is 4.14. The maximum absolute atomic E-state index is 3.46. The molecule has 0 aliphatic carbocycles. The van der Waals surface area contributed by atoms with Crippen LogP contribution < -0.4 is 5.32 Å². The molecule has 0 radical (unpaired) electrons. The van der Waals surface area contributed by atoms with Crippen LogP contribution in [-0.2, 0) is 0 Å². The number of hydrogen-bond donors (Lipinski definition) is 1. The van der Waals surface area contributed by atoms with Crippen molar-refractivity contribution in [2.45, 2.75) is 31.6 Å². The van der Waals surface area contributed by atoms with Crippen molar-refractivity contribution in [2.24, 2.45) is 0 Å². The lowest BCUT2D eigenvalue weighted by Gasteiger charge is -2.20. The van der Waals surface area contributed by atoms with E-state index in [0.29, 0.717) is 0 Å². The summed E-state index contributed by atoms with van der Waals surface area (Å²) in [6.45, 7) is 2.40. The zero-order valence-electron chi connectivity index (χ0n) is 8.71. The molecule has 1 saturated heterocycles. The highest BCUT2D eigenvalue weighted by atomic mass is 14.8. The Morgan fingerprint density at radius 3 is 2.21 bits per heavy atom. The van der Waals surface area contributed by atoms with E-state index in [1.807, 2.05) is 0 Å². The van der Waals surface area contributed by atoms with Gasteiger partial charge in [0.15, 0.2) is 0 Å². The van der Waals surface area contributed by atoms with Gasteiger partial charge in [-0.25, -0.2) is 0 Å². The molecule has 1 heteroatoms. The van der Waals surface area contributed by atoms with E-state index >= 15 is 0 Å². The van der Waals surface area contributed by atoms with Crippen molar-refractivity contribution in [3.05, 3.63) is 35.9 Å². The van der Waals surface area contributed by atoms with Crippen LogP contribution in [0.15, 0.2) is 30.3 Å². The van der Waals surface area contributed by atoms with Gasteiger partial charge >= 0.3 is 0 Å². The van der Waals surface area contributed by atoms with Crippen molar-refractivity contribution in [3.63, 3.8) is 0 Å². The normalized spacial score (nSPS) is 20.0. The van der Waals surface area contributed by atoms with Gasteiger partial charge in [0, 0.05) is 0 Å². The molecule has 1 aliphatic heterocycles. The number of nitrogens with one attached hydrogen (secondary N) is 1. The van der Waals surface area contributed by atoms with E-state index < -0.39 is 0 Å². The quantitative estimate of drug-likeness (QED) is 0.716. The molecule has 0 amide bonds. The summed E-state index contributed by atoms with van der Waals surface area (Å²) in [6, 6.07) is 11.0. The van der Waals surface area contributed by atoms with Crippen LogP contribution in [0.1, 0.15) is 37.2 Å². The summed E-state index contributed by atoms with van der Waals surface area (Å²) in [7, 11) is 0. The van der Waals surface area contributed by atoms with E-state index in [2.05, 4.69) is 35.6 Å². The maximum Gasteiger partial charge on any atom is -0.00487 e. The summed E-state index contributed by atoms with van der Waals surface area (Å²) in [6.07, 6.45) is 5.33. The van der Waals surface area contributed by atoms with Crippen molar-refractivity contribution in [2.75, 3.05) is 13.1 Å². The summed E-state index contributed by atoms with van der Waals surface area (Å²) in [5, 5.41) is 3.46. The average Bonchev–Trinajstić information content (AvgIpc) is 2.18. The second kappa shape index (κ2) is 5.16. The molecule has 1 aliphatic rings. The van der Waals surface area contributed by atoms with Gasteiger partial charge in [-0.15, -0.1) is 0 Å². The molecule has 14 heavy (non-hydrogen) atoms. The molecular formula is C13H19N. The minimum Gasteiger partial charge on any atom is -0.317 e. The summed E-state index contributed by atoms with van der Waals surface area (Å²) in [5.74, 6) is 0.804. The molecule has 1 nitrogen and oxygen atoms in total. The largest absolute Gasteiger partial charge is 0.317 e. The Hall–Kier alpha value is -0.820. The third-order valence-electron chi connectivity index (χ3n) is 3.08. The molecule has 0 unspecified atom stereocenters. The van der Waals surface area contributed by atoms with Gasteiger partial charge in [-0.05, 0) is 50.3 Å². The lowest BCUT2D eigenvalue weighted by Crippen LogP contribution is -2.20. The highest BCUT2D eigenvalue weighted by Crippen LogP contribution is 2.26. The Morgan fingerprint density at radius 1 is 0.929 bits per heavy atom. The molecule has 76 valence electrons. The first-order chi connectivity index (χ1) is 6.97. The minimum absolute atomic E-state index is 0.804. The van der Waals surface area contributed by atoms with Gasteiger partial charge in [-0.2, -0.15) is 0 Å². The van der Waals surface area contributed by atoms with Crippen molar-refractivity contribution in [3.8, 4) is 0 Å². The van der Waals surface area contributed by atoms with E-state index in [9.17, 15) is 0 Å². The molecule has 1 N–H and O–H groups in total. The Balaban J connectivity index is 2.01. The van der Waals surface area contributed by atoms with E-state index in [4.69, 9.17) is 0 Å². The topological polar surface area (TPSA) is 12.0 Å². The van der Waals surface area contributed by atoms with Gasteiger partial charge in [0.2, 0.25) is 0 Å². The van der Waals surface area contributed by atoms with Crippen molar-refractivity contribution in [1.82, 2.24) is 5.32 Å². The van der Waals surface area contributed by atoms with Crippen LogP contribution in [-0.4, -0.2) is 13.1 Å². The lowest BCUT2D eigenvalue weighted by atomic mass is 9.89. The first-order valence-electron chi connectivity index (χ1n) is 5.72. The number of rotatable bonds is 1. The zero-order chi connectivity index (χ0) is 9.64. The molecule has 1 heterocycles. The first kappa shape index (κ1) is 9.72. The molecule has 1 fully saturated rings. The predicted octanol–water partition coefficient (Wildman–Crippen LogP) is 2.93. The number of benzene rings is 1. The van der Waals surface area contributed by atoms with E-state index in [0.717, 1.165) is 5.92 Å². The number of hydrogen-bond acceptors (Lipinski definition) is 1. The standard InChI is InChI=1S/C13H19N/c1-2-6-12(7-3-1)13-8-4-10-14-11-5-9-13/h1-3,6-7,13-14H,4-5,8-11H2. The monoisotopic (exact) mass is 189 g/mol. The van der Waals surface area contributed by atoms with Crippen molar-refractivity contribution < 1.29 is 0 Å². The van der Waals surface area contributed by atoms with Crippen LogP contribution in [0.3, 0.4) is 0 Å². The molecule has 1 aromatic carbocycles. The fourth-order valence-electron chi connectivity index (χ4n) is 2.27. The molecule has 0 saturated carbocycles. The van der Waals surface area contributed by atoms with Crippen molar-refractivity contribution in [1.29, 1.82) is 0 Å². The highest BCUT2D eigenvalue weighted by Gasteiger charge is 2.12. The molecule has 0 atom stereocenters. The summed E-state index contributed by atoms with van der Waals surface area (Å²) < 4.78 is 0. The summed E-state index contributed by atoms with van der Waals surface area (Å²) in [5.41, 5.74) is 1.54. The van der Waals surface area contributed by atoms with E-state index in [-0.39, 0.29) is 0 Å². The van der Waals surface area contributed by atoms with Crippen LogP contribution in [0.5, 0.6) is 0 Å². The van der Waals surface area contributed by atoms with Crippen molar-refractivity contribution >= 4 is 0 Å². The van der Waals surface area contributed by atoms with Gasteiger partial charge in [0.25, 0.3) is 0 Å². The van der Waals surface area contributed by atoms with Crippen LogP contribution in [0, 0.1) is 0 Å². The van der Waals surface area contributed by atoms with Gasteiger partial charge in [0.05, 0.1) is 0 Å². The molecule has 2 rings (SSSR count). The van der Waals surface area contributed by atoms with Crippen LogP contribution >= 0.6 is 0 Å². The second-order valence-corrected chi connectivity index (χ2v) is 4.14. The summed E-state index contributed by atoms with van der Waals surface area (Å²) in [4.78, 5) is 0. The Kier molecular flexibility index (Phi) is 3.58. The Labute approximate surface area is 86.5 Å². The van der Waals surface area contributed by atoms with Crippen LogP contribution in [0.4, 0.5) is 0 Å². The third-order valence-corrected chi connectivity index (χ3v) is 3.08. The lowest BCUT2D eigenvalue weighted by molar-refractivity contribution is 0.467. The van der Waals surface area contributed by atoms with Gasteiger partial charge in [-0.3, -0.25) is 0 Å². The van der Waals surface area contributed by atoms with Gasteiger partial charge in [-0.1, -0.05) is 30.3 Å². The average molecular weight is 189 g/mol. The zero-order valence-corrected chi connectivity index (χ0v) is 8.71. The first-order valence-corrected chi connectivity index (χ1v) is 5.72. The summed E-state index contributed by atoms with van der Waals surface area (Å²) >= 11 is 0. The van der Waals surface area contributed by atoms with Crippen LogP contribution in [0.25, 0.3) is 0 Å². The van der Waals surface area contributed by atoms with Crippen LogP contribution in [0.2, 0.25) is 0 Å². The molecule has 0 spiro atoms. The predicted molar refractivity (Wildman–Crippen MR) is 60.5 cm³/mol. The SMILES string of the molecule is c1ccc(C2CCCNCCC2)cc1. The van der Waals surface area contributed by atoms with E-state index in [1.54, 1.807) is 0 Å². The smallest absolute Gasteiger partial charge is 0.00487 e. The van der Waals surface area contributed by atoms with Gasteiger partial charge in [0.1, 0.15) is 0 Å². The fourth-order valence-corrected chi connectivity index (χ4v) is 2.27. The third kappa shape index (κ3) is 2.58. The molecule has 1 aromatic rings. The Morgan fingerprint density at radius 2 is 1.57 bits per heavy atom. The fraction of sp³-hybridized carbons (Fsp3) is 0.538. The Bertz CT molecular complexity index is 247. The van der Waals surface area contributed by atoms with E-state index in [1.165, 1.54) is 44.3 Å². The molecule has 0 bridgehead atoms. The minimum atomic E-state index is 0.804.